The second kappa shape index (κ2) is 7.69. The number of hydrogen-bond acceptors (Lipinski definition) is 4. The number of thioether (sulfide) groups is 1. The van der Waals surface area contributed by atoms with E-state index in [2.05, 4.69) is 49.5 Å². The van der Waals surface area contributed by atoms with E-state index < -0.39 is 0 Å². The zero-order valence-electron chi connectivity index (χ0n) is 16.2. The number of aromatic nitrogens is 1. The number of nitriles is 1. The summed E-state index contributed by atoms with van der Waals surface area (Å²) in [6.45, 7) is 5.15. The topological polar surface area (TPSA) is 48.7 Å². The molecule has 140 valence electrons. The average Bonchev–Trinajstić information content (AvgIpc) is 2.72. The van der Waals surface area contributed by atoms with E-state index in [1.165, 1.54) is 11.1 Å². The van der Waals surface area contributed by atoms with Gasteiger partial charge in [0.25, 0.3) is 0 Å². The van der Waals surface area contributed by atoms with E-state index in [1.54, 1.807) is 0 Å². The first-order valence-corrected chi connectivity index (χ1v) is 10.5. The van der Waals surface area contributed by atoms with Crippen LogP contribution in [-0.4, -0.2) is 9.73 Å². The van der Waals surface area contributed by atoms with E-state index >= 15 is 0 Å². The maximum Gasteiger partial charge on any atom is 0.145 e. The number of fused-ring (bicyclic) bond motifs is 1. The van der Waals surface area contributed by atoms with E-state index in [-0.39, 0.29) is 4.75 Å². The van der Waals surface area contributed by atoms with Crippen molar-refractivity contribution >= 4 is 17.6 Å². The third-order valence-electron chi connectivity index (χ3n) is 5.08. The van der Waals surface area contributed by atoms with E-state index in [0.29, 0.717) is 17.9 Å². The Hall–Kier alpha value is -2.77. The molecule has 2 heterocycles. The number of nitrogens with zero attached hydrogens (tertiary/aromatic N) is 2. The molecule has 0 saturated carbocycles. The largest absolute Gasteiger partial charge is 0.365 e. The summed E-state index contributed by atoms with van der Waals surface area (Å²) in [5, 5.41) is 13.4. The SMILES string of the molecule is CC1(C)Cc2c(C#N)c(NCc3ccccc3)nc(-c3ccccc3)c2CS1. The minimum atomic E-state index is 0.116. The summed E-state index contributed by atoms with van der Waals surface area (Å²) in [4.78, 5) is 4.94. The van der Waals surface area contributed by atoms with Crippen molar-refractivity contribution in [1.82, 2.24) is 4.98 Å². The fourth-order valence-electron chi connectivity index (χ4n) is 3.63. The van der Waals surface area contributed by atoms with Crippen LogP contribution in [0.1, 0.15) is 36.1 Å². The summed E-state index contributed by atoms with van der Waals surface area (Å²) in [6, 6.07) is 23.0. The number of hydrogen-bond donors (Lipinski definition) is 1. The Bertz CT molecular complexity index is 1020. The fraction of sp³-hybridized carbons (Fsp3) is 0.250. The second-order valence-corrected chi connectivity index (χ2v) is 9.37. The molecule has 0 aliphatic carbocycles. The van der Waals surface area contributed by atoms with Crippen molar-refractivity contribution in [2.75, 3.05) is 5.32 Å². The Balaban J connectivity index is 1.82. The molecule has 0 radical (unpaired) electrons. The van der Waals surface area contributed by atoms with Gasteiger partial charge in [0.05, 0.1) is 11.3 Å². The van der Waals surface area contributed by atoms with Crippen molar-refractivity contribution in [1.29, 1.82) is 5.26 Å². The number of benzene rings is 2. The maximum atomic E-state index is 9.97. The van der Waals surface area contributed by atoms with Gasteiger partial charge >= 0.3 is 0 Å². The first-order valence-electron chi connectivity index (χ1n) is 9.50. The first kappa shape index (κ1) is 18.6. The van der Waals surface area contributed by atoms with Crippen LogP contribution in [0.15, 0.2) is 60.7 Å². The molecule has 4 heteroatoms. The number of nitrogens with one attached hydrogen (secondary N) is 1. The van der Waals surface area contributed by atoms with Gasteiger partial charge < -0.3 is 5.32 Å². The molecule has 0 spiro atoms. The van der Waals surface area contributed by atoms with Crippen LogP contribution >= 0.6 is 11.8 Å². The lowest BCUT2D eigenvalue weighted by Crippen LogP contribution is -2.26. The minimum Gasteiger partial charge on any atom is -0.365 e. The van der Waals surface area contributed by atoms with Crippen molar-refractivity contribution in [3.8, 4) is 17.3 Å². The van der Waals surface area contributed by atoms with Crippen LogP contribution in [0.3, 0.4) is 0 Å². The first-order chi connectivity index (χ1) is 13.6. The Morgan fingerprint density at radius 3 is 2.39 bits per heavy atom. The molecule has 4 rings (SSSR count). The van der Waals surface area contributed by atoms with Gasteiger partial charge in [0.2, 0.25) is 0 Å². The van der Waals surface area contributed by atoms with Crippen molar-refractivity contribution in [3.63, 3.8) is 0 Å². The van der Waals surface area contributed by atoms with E-state index in [0.717, 1.165) is 29.0 Å². The van der Waals surface area contributed by atoms with Crippen LogP contribution in [0, 0.1) is 11.3 Å². The van der Waals surface area contributed by atoms with Gasteiger partial charge in [-0.25, -0.2) is 4.98 Å². The molecule has 0 bridgehead atoms. The van der Waals surface area contributed by atoms with Crippen molar-refractivity contribution < 1.29 is 0 Å². The number of anilines is 1. The van der Waals surface area contributed by atoms with Crippen LogP contribution in [0.2, 0.25) is 0 Å². The molecule has 0 amide bonds. The monoisotopic (exact) mass is 385 g/mol. The van der Waals surface area contributed by atoms with Crippen molar-refractivity contribution in [2.45, 2.75) is 37.3 Å². The maximum absolute atomic E-state index is 9.97. The van der Waals surface area contributed by atoms with Crippen molar-refractivity contribution in [2.24, 2.45) is 0 Å². The van der Waals surface area contributed by atoms with Crippen LogP contribution < -0.4 is 5.32 Å². The Kier molecular flexibility index (Phi) is 5.11. The molecule has 1 aliphatic rings. The fourth-order valence-corrected chi connectivity index (χ4v) is 4.72. The number of rotatable bonds is 4. The number of pyridine rings is 1. The van der Waals surface area contributed by atoms with Gasteiger partial charge in [-0.15, -0.1) is 0 Å². The zero-order chi connectivity index (χ0) is 19.6. The van der Waals surface area contributed by atoms with Crippen LogP contribution in [-0.2, 0) is 18.7 Å². The lowest BCUT2D eigenvalue weighted by molar-refractivity contribution is 0.691. The van der Waals surface area contributed by atoms with Crippen molar-refractivity contribution in [3.05, 3.63) is 82.9 Å². The molecule has 1 aromatic heterocycles. The summed E-state index contributed by atoms with van der Waals surface area (Å²) in [7, 11) is 0. The molecule has 0 fully saturated rings. The molecule has 0 atom stereocenters. The molecular formula is C24H23N3S. The molecule has 3 aromatic rings. The standard InChI is InChI=1S/C24H23N3S/c1-24(2)13-19-20(14-25)23(26-15-17-9-5-3-6-10-17)27-22(21(19)16-28-24)18-11-7-4-8-12-18/h3-12H,13,15-16H2,1-2H3,(H,26,27). The Morgan fingerprint density at radius 2 is 1.71 bits per heavy atom. The lowest BCUT2D eigenvalue weighted by Gasteiger charge is -2.33. The molecule has 0 unspecified atom stereocenters. The van der Waals surface area contributed by atoms with Gasteiger partial charge in [-0.3, -0.25) is 0 Å². The predicted molar refractivity (Wildman–Crippen MR) is 117 cm³/mol. The van der Waals surface area contributed by atoms with Gasteiger partial charge in [0.1, 0.15) is 11.9 Å². The summed E-state index contributed by atoms with van der Waals surface area (Å²) in [6.07, 6.45) is 0.873. The minimum absolute atomic E-state index is 0.116. The van der Waals surface area contributed by atoms with Crippen LogP contribution in [0.25, 0.3) is 11.3 Å². The quantitative estimate of drug-likeness (QED) is 0.616. The smallest absolute Gasteiger partial charge is 0.145 e. The normalized spacial score (nSPS) is 14.8. The van der Waals surface area contributed by atoms with E-state index in [4.69, 9.17) is 4.98 Å². The molecule has 1 aliphatic heterocycles. The zero-order valence-corrected chi connectivity index (χ0v) is 17.0. The summed E-state index contributed by atoms with van der Waals surface area (Å²) in [5.74, 6) is 1.57. The molecule has 3 nitrogen and oxygen atoms in total. The van der Waals surface area contributed by atoms with Gasteiger partial charge in [-0.1, -0.05) is 74.5 Å². The Morgan fingerprint density at radius 1 is 1.04 bits per heavy atom. The van der Waals surface area contributed by atoms with Gasteiger partial charge in [0, 0.05) is 22.6 Å². The average molecular weight is 386 g/mol. The lowest BCUT2D eigenvalue weighted by atomic mass is 9.90. The third kappa shape index (κ3) is 3.76. The van der Waals surface area contributed by atoms with Gasteiger partial charge in [-0.05, 0) is 23.1 Å². The molecule has 1 N–H and O–H groups in total. The molecule has 0 saturated heterocycles. The molecule has 28 heavy (non-hydrogen) atoms. The highest BCUT2D eigenvalue weighted by Gasteiger charge is 2.31. The highest BCUT2D eigenvalue weighted by atomic mass is 32.2. The predicted octanol–water partition coefficient (Wildman–Crippen LogP) is 5.80. The van der Waals surface area contributed by atoms with E-state index in [1.807, 2.05) is 48.2 Å². The van der Waals surface area contributed by atoms with Crippen LogP contribution in [0.4, 0.5) is 5.82 Å². The molecule has 2 aromatic carbocycles. The highest BCUT2D eigenvalue weighted by Crippen LogP contribution is 2.44. The highest BCUT2D eigenvalue weighted by molar-refractivity contribution is 7.99. The molecular weight excluding hydrogens is 362 g/mol. The van der Waals surface area contributed by atoms with Gasteiger partial charge in [0.15, 0.2) is 0 Å². The van der Waals surface area contributed by atoms with Gasteiger partial charge in [-0.2, -0.15) is 17.0 Å². The Labute approximate surface area is 170 Å². The summed E-state index contributed by atoms with van der Waals surface area (Å²) in [5.41, 5.74) is 6.31. The summed E-state index contributed by atoms with van der Waals surface area (Å²) >= 11 is 1.94. The summed E-state index contributed by atoms with van der Waals surface area (Å²) < 4.78 is 0.116. The van der Waals surface area contributed by atoms with E-state index in [9.17, 15) is 5.26 Å². The second-order valence-electron chi connectivity index (χ2n) is 7.68. The third-order valence-corrected chi connectivity index (χ3v) is 6.44. The van der Waals surface area contributed by atoms with Crippen LogP contribution in [0.5, 0.6) is 0 Å².